The Morgan fingerprint density at radius 1 is 1.23 bits per heavy atom. The van der Waals surface area contributed by atoms with Gasteiger partial charge in [0.25, 0.3) is 0 Å². The summed E-state index contributed by atoms with van der Waals surface area (Å²) in [5.74, 6) is -0.247. The van der Waals surface area contributed by atoms with Gasteiger partial charge >= 0.3 is 5.97 Å². The molecule has 7 heteroatoms. The zero-order chi connectivity index (χ0) is 18.5. The molecule has 0 fully saturated rings. The van der Waals surface area contributed by atoms with Gasteiger partial charge in [-0.25, -0.2) is 9.78 Å². The quantitative estimate of drug-likeness (QED) is 0.499. The van der Waals surface area contributed by atoms with E-state index in [0.29, 0.717) is 16.5 Å². The van der Waals surface area contributed by atoms with E-state index < -0.39 is 0 Å². The highest BCUT2D eigenvalue weighted by Crippen LogP contribution is 2.28. The summed E-state index contributed by atoms with van der Waals surface area (Å²) >= 11 is 2.61. The molecule has 2 aromatic heterocycles. The van der Waals surface area contributed by atoms with Crippen LogP contribution < -0.4 is 5.32 Å². The fourth-order valence-electron chi connectivity index (χ4n) is 2.38. The Morgan fingerprint density at radius 3 is 2.85 bits per heavy atom. The highest BCUT2D eigenvalue weighted by atomic mass is 32.2. The number of esters is 1. The van der Waals surface area contributed by atoms with Gasteiger partial charge in [-0.05, 0) is 37.6 Å². The van der Waals surface area contributed by atoms with Crippen LogP contribution in [-0.4, -0.2) is 29.2 Å². The van der Waals surface area contributed by atoms with E-state index in [-0.39, 0.29) is 17.6 Å². The van der Waals surface area contributed by atoms with Crippen LogP contribution >= 0.6 is 23.1 Å². The lowest BCUT2D eigenvalue weighted by atomic mass is 10.2. The normalized spacial score (nSPS) is 10.7. The summed E-state index contributed by atoms with van der Waals surface area (Å²) in [6.07, 6.45) is 0. The number of hydrogen-bond donors (Lipinski definition) is 1. The van der Waals surface area contributed by atoms with Gasteiger partial charge in [0.15, 0.2) is 0 Å². The predicted octanol–water partition coefficient (Wildman–Crippen LogP) is 4.51. The van der Waals surface area contributed by atoms with Crippen molar-refractivity contribution in [1.82, 2.24) is 4.98 Å². The van der Waals surface area contributed by atoms with Gasteiger partial charge in [-0.1, -0.05) is 36.0 Å². The average Bonchev–Trinajstić information content (AvgIpc) is 3.00. The van der Waals surface area contributed by atoms with E-state index in [1.807, 2.05) is 43.3 Å². The van der Waals surface area contributed by atoms with Gasteiger partial charge < -0.3 is 10.1 Å². The summed E-state index contributed by atoms with van der Waals surface area (Å²) < 4.78 is 5.01. The second kappa shape index (κ2) is 8.33. The SMILES string of the molecule is CCOC(=O)c1sc(NC(=O)CSc2ccc3ccccc3n2)cc1C. The van der Waals surface area contributed by atoms with Crippen LogP contribution in [0.4, 0.5) is 5.00 Å². The van der Waals surface area contributed by atoms with Crippen molar-refractivity contribution in [3.63, 3.8) is 0 Å². The van der Waals surface area contributed by atoms with E-state index in [2.05, 4.69) is 10.3 Å². The van der Waals surface area contributed by atoms with Crippen LogP contribution in [-0.2, 0) is 9.53 Å². The number of para-hydroxylation sites is 1. The van der Waals surface area contributed by atoms with Crippen LogP contribution in [0.1, 0.15) is 22.2 Å². The van der Waals surface area contributed by atoms with Gasteiger partial charge in [-0.3, -0.25) is 4.79 Å². The Balaban J connectivity index is 1.60. The Bertz CT molecular complexity index is 953. The zero-order valence-electron chi connectivity index (χ0n) is 14.4. The minimum atomic E-state index is -0.356. The number of pyridine rings is 1. The minimum absolute atomic E-state index is 0.137. The molecular weight excluding hydrogens is 368 g/mol. The maximum Gasteiger partial charge on any atom is 0.348 e. The first kappa shape index (κ1) is 18.4. The molecule has 0 aliphatic rings. The van der Waals surface area contributed by atoms with E-state index >= 15 is 0 Å². The smallest absolute Gasteiger partial charge is 0.348 e. The fourth-order valence-corrected chi connectivity index (χ4v) is 4.04. The molecule has 0 aliphatic carbocycles. The number of nitrogens with one attached hydrogen (secondary N) is 1. The number of hydrogen-bond acceptors (Lipinski definition) is 6. The van der Waals surface area contributed by atoms with Crippen LogP contribution in [0, 0.1) is 6.92 Å². The summed E-state index contributed by atoms with van der Waals surface area (Å²) in [5.41, 5.74) is 1.71. The molecule has 2 heterocycles. The number of anilines is 1. The largest absolute Gasteiger partial charge is 0.462 e. The number of ether oxygens (including phenoxy) is 1. The lowest BCUT2D eigenvalue weighted by molar-refractivity contribution is -0.113. The Kier molecular flexibility index (Phi) is 5.90. The highest BCUT2D eigenvalue weighted by molar-refractivity contribution is 7.99. The number of thiophene rings is 1. The van der Waals surface area contributed by atoms with Crippen molar-refractivity contribution in [1.29, 1.82) is 0 Å². The Morgan fingerprint density at radius 2 is 2.04 bits per heavy atom. The number of nitrogens with zero attached hydrogens (tertiary/aromatic N) is 1. The molecule has 0 saturated carbocycles. The van der Waals surface area contributed by atoms with Crippen molar-refractivity contribution < 1.29 is 14.3 Å². The van der Waals surface area contributed by atoms with E-state index in [4.69, 9.17) is 4.74 Å². The van der Waals surface area contributed by atoms with Crippen LogP contribution in [0.25, 0.3) is 10.9 Å². The molecule has 1 aromatic carbocycles. The summed E-state index contributed by atoms with van der Waals surface area (Å²) in [6, 6.07) is 13.6. The number of carbonyl (C=O) groups excluding carboxylic acids is 2. The van der Waals surface area contributed by atoms with Crippen molar-refractivity contribution in [3.05, 3.63) is 52.9 Å². The van der Waals surface area contributed by atoms with Crippen LogP contribution in [0.15, 0.2) is 47.5 Å². The van der Waals surface area contributed by atoms with Crippen LogP contribution in [0.2, 0.25) is 0 Å². The van der Waals surface area contributed by atoms with Gasteiger partial charge in [-0.2, -0.15) is 0 Å². The molecule has 26 heavy (non-hydrogen) atoms. The van der Waals surface area contributed by atoms with Crippen molar-refractivity contribution in [2.24, 2.45) is 0 Å². The number of rotatable bonds is 6. The molecule has 1 amide bonds. The molecule has 0 radical (unpaired) electrons. The molecule has 0 spiro atoms. The minimum Gasteiger partial charge on any atom is -0.462 e. The third-order valence-corrected chi connectivity index (χ3v) is 5.63. The number of amides is 1. The third kappa shape index (κ3) is 4.42. The summed E-state index contributed by atoms with van der Waals surface area (Å²) in [6.45, 7) is 3.92. The fraction of sp³-hybridized carbons (Fsp3) is 0.211. The van der Waals surface area contributed by atoms with Gasteiger partial charge in [0.1, 0.15) is 4.88 Å². The van der Waals surface area contributed by atoms with Gasteiger partial charge in [0.2, 0.25) is 5.91 Å². The van der Waals surface area contributed by atoms with Crippen LogP contribution in [0.5, 0.6) is 0 Å². The van der Waals surface area contributed by atoms with Gasteiger partial charge in [-0.15, -0.1) is 11.3 Å². The molecule has 0 bridgehead atoms. The number of benzene rings is 1. The standard InChI is InChI=1S/C19H18N2O3S2/c1-3-24-19(23)18-12(2)10-17(26-18)21-15(22)11-25-16-9-8-13-6-4-5-7-14(13)20-16/h4-10H,3,11H2,1-2H3,(H,21,22). The van der Waals surface area contributed by atoms with E-state index in [1.165, 1.54) is 23.1 Å². The topological polar surface area (TPSA) is 68.3 Å². The Labute approximate surface area is 159 Å². The Hall–Kier alpha value is -2.38. The van der Waals surface area contributed by atoms with Crippen molar-refractivity contribution in [3.8, 4) is 0 Å². The summed E-state index contributed by atoms with van der Waals surface area (Å²) in [7, 11) is 0. The zero-order valence-corrected chi connectivity index (χ0v) is 16.1. The molecule has 1 N–H and O–H groups in total. The first-order valence-electron chi connectivity index (χ1n) is 8.13. The molecule has 5 nitrogen and oxygen atoms in total. The monoisotopic (exact) mass is 386 g/mol. The van der Waals surface area contributed by atoms with Crippen molar-refractivity contribution in [2.75, 3.05) is 17.7 Å². The molecule has 0 atom stereocenters. The summed E-state index contributed by atoms with van der Waals surface area (Å²) in [4.78, 5) is 29.1. The maximum absolute atomic E-state index is 12.2. The molecule has 0 unspecified atom stereocenters. The van der Waals surface area contributed by atoms with Crippen molar-refractivity contribution >= 4 is 50.9 Å². The van der Waals surface area contributed by atoms with Gasteiger partial charge in [0, 0.05) is 5.39 Å². The lowest BCUT2D eigenvalue weighted by Crippen LogP contribution is -2.13. The molecule has 134 valence electrons. The first-order chi connectivity index (χ1) is 12.6. The molecular formula is C19H18N2O3S2. The number of aromatic nitrogens is 1. The molecule has 0 saturated heterocycles. The lowest BCUT2D eigenvalue weighted by Gasteiger charge is -2.04. The number of thioether (sulfide) groups is 1. The number of fused-ring (bicyclic) bond motifs is 1. The number of aryl methyl sites for hydroxylation is 1. The van der Waals surface area contributed by atoms with Crippen molar-refractivity contribution in [2.45, 2.75) is 18.9 Å². The predicted molar refractivity (Wildman–Crippen MR) is 106 cm³/mol. The van der Waals surface area contributed by atoms with Crippen LogP contribution in [0.3, 0.4) is 0 Å². The van der Waals surface area contributed by atoms with E-state index in [0.717, 1.165) is 21.5 Å². The number of carbonyl (C=O) groups is 2. The second-order valence-corrected chi connectivity index (χ2v) is 7.57. The van der Waals surface area contributed by atoms with E-state index in [1.54, 1.807) is 13.0 Å². The molecule has 3 aromatic rings. The molecule has 3 rings (SSSR count). The van der Waals surface area contributed by atoms with E-state index in [9.17, 15) is 9.59 Å². The summed E-state index contributed by atoms with van der Waals surface area (Å²) in [5, 5.41) is 5.34. The average molecular weight is 386 g/mol. The first-order valence-corrected chi connectivity index (χ1v) is 9.93. The molecule has 0 aliphatic heterocycles. The highest BCUT2D eigenvalue weighted by Gasteiger charge is 2.16. The maximum atomic E-state index is 12.2. The van der Waals surface area contributed by atoms with Gasteiger partial charge in [0.05, 0.1) is 27.9 Å². The second-order valence-electron chi connectivity index (χ2n) is 5.52. The third-order valence-electron chi connectivity index (χ3n) is 3.57.